The lowest BCUT2D eigenvalue weighted by Gasteiger charge is -2.28. The Hall–Kier alpha value is -1.05. The van der Waals surface area contributed by atoms with Gasteiger partial charge in [0.1, 0.15) is 5.54 Å². The van der Waals surface area contributed by atoms with Gasteiger partial charge in [0.15, 0.2) is 0 Å². The number of hydrogen-bond donors (Lipinski definition) is 2. The smallest absolute Gasteiger partial charge is 0.235 e. The Kier molecular flexibility index (Phi) is 6.33. The van der Waals surface area contributed by atoms with Gasteiger partial charge in [-0.1, -0.05) is 19.8 Å². The fourth-order valence-corrected chi connectivity index (χ4v) is 2.57. The number of carbonyl (C=O) groups is 1. The van der Waals surface area contributed by atoms with E-state index in [1.54, 1.807) is 0 Å². The van der Waals surface area contributed by atoms with Crippen LogP contribution in [0.25, 0.3) is 0 Å². The number of amides is 1. The molecular formula is C15H27N3O. The highest BCUT2D eigenvalue weighted by Crippen LogP contribution is 2.13. The van der Waals surface area contributed by atoms with E-state index in [-0.39, 0.29) is 5.91 Å². The molecule has 0 aromatic carbocycles. The summed E-state index contributed by atoms with van der Waals surface area (Å²) in [7, 11) is 1.98. The van der Waals surface area contributed by atoms with E-state index in [9.17, 15) is 4.79 Å². The van der Waals surface area contributed by atoms with Gasteiger partial charge >= 0.3 is 0 Å². The molecule has 1 fully saturated rings. The number of likely N-dealkylation sites (N-methyl/N-ethyl adjacent to an activating group) is 1. The quantitative estimate of drug-likeness (QED) is 0.675. The van der Waals surface area contributed by atoms with E-state index >= 15 is 0 Å². The Morgan fingerprint density at radius 2 is 2.21 bits per heavy atom. The van der Waals surface area contributed by atoms with E-state index in [0.29, 0.717) is 12.6 Å². The van der Waals surface area contributed by atoms with Crippen molar-refractivity contribution in [3.8, 4) is 12.3 Å². The topological polar surface area (TPSA) is 44.4 Å². The summed E-state index contributed by atoms with van der Waals surface area (Å²) in [5.74, 6) is 2.75. The molecule has 1 saturated heterocycles. The van der Waals surface area contributed by atoms with E-state index in [4.69, 9.17) is 6.42 Å². The van der Waals surface area contributed by atoms with Crippen molar-refractivity contribution in [2.24, 2.45) is 0 Å². The fourth-order valence-electron chi connectivity index (χ4n) is 2.57. The average molecular weight is 265 g/mol. The lowest BCUT2D eigenvalue weighted by Crippen LogP contribution is -2.50. The third-order valence-corrected chi connectivity index (χ3v) is 3.97. The number of rotatable bonds is 7. The second-order valence-electron chi connectivity index (χ2n) is 5.47. The summed E-state index contributed by atoms with van der Waals surface area (Å²) in [6.07, 6.45) is 9.51. The summed E-state index contributed by atoms with van der Waals surface area (Å²) in [6.45, 7) is 6.43. The van der Waals surface area contributed by atoms with Gasteiger partial charge in [-0.05, 0) is 39.3 Å². The number of terminal acetylenes is 1. The van der Waals surface area contributed by atoms with Crippen molar-refractivity contribution in [3.05, 3.63) is 0 Å². The summed E-state index contributed by atoms with van der Waals surface area (Å²) >= 11 is 0. The van der Waals surface area contributed by atoms with E-state index in [1.807, 2.05) is 20.9 Å². The van der Waals surface area contributed by atoms with Crippen LogP contribution in [0.15, 0.2) is 0 Å². The van der Waals surface area contributed by atoms with Gasteiger partial charge in [0, 0.05) is 12.6 Å². The molecule has 0 aromatic rings. The van der Waals surface area contributed by atoms with Crippen molar-refractivity contribution in [1.82, 2.24) is 15.5 Å². The Morgan fingerprint density at radius 3 is 2.68 bits per heavy atom. The van der Waals surface area contributed by atoms with Crippen LogP contribution in [-0.2, 0) is 4.79 Å². The maximum Gasteiger partial charge on any atom is 0.235 e. The van der Waals surface area contributed by atoms with Crippen LogP contribution < -0.4 is 10.6 Å². The SMILES string of the molecule is C#CC(CC)(CC)NC(=O)CN(C)CC1CCCN1. The minimum atomic E-state index is -0.483. The van der Waals surface area contributed by atoms with Crippen LogP contribution in [0, 0.1) is 12.3 Å². The van der Waals surface area contributed by atoms with Crippen LogP contribution >= 0.6 is 0 Å². The lowest BCUT2D eigenvalue weighted by molar-refractivity contribution is -0.123. The summed E-state index contributed by atoms with van der Waals surface area (Å²) in [6, 6.07) is 0.521. The van der Waals surface area contributed by atoms with E-state index in [1.165, 1.54) is 12.8 Å². The second-order valence-corrected chi connectivity index (χ2v) is 5.47. The number of carbonyl (C=O) groups excluding carboxylic acids is 1. The zero-order chi connectivity index (χ0) is 14.3. The van der Waals surface area contributed by atoms with Gasteiger partial charge < -0.3 is 10.6 Å². The van der Waals surface area contributed by atoms with Crippen molar-refractivity contribution < 1.29 is 4.79 Å². The van der Waals surface area contributed by atoms with Crippen molar-refractivity contribution in [2.75, 3.05) is 26.7 Å². The molecule has 19 heavy (non-hydrogen) atoms. The summed E-state index contributed by atoms with van der Waals surface area (Å²) < 4.78 is 0. The van der Waals surface area contributed by atoms with Crippen LogP contribution in [0.4, 0.5) is 0 Å². The first-order valence-electron chi connectivity index (χ1n) is 7.26. The predicted octanol–water partition coefficient (Wildman–Crippen LogP) is 0.978. The van der Waals surface area contributed by atoms with Gasteiger partial charge in [0.2, 0.25) is 5.91 Å². The van der Waals surface area contributed by atoms with E-state index < -0.39 is 5.54 Å². The van der Waals surface area contributed by atoms with Gasteiger partial charge in [-0.15, -0.1) is 6.42 Å². The van der Waals surface area contributed by atoms with E-state index in [2.05, 4.69) is 21.5 Å². The third kappa shape index (κ3) is 4.85. The predicted molar refractivity (Wildman–Crippen MR) is 78.8 cm³/mol. The maximum atomic E-state index is 12.1. The van der Waals surface area contributed by atoms with Gasteiger partial charge in [0.25, 0.3) is 0 Å². The van der Waals surface area contributed by atoms with E-state index in [0.717, 1.165) is 25.9 Å². The maximum absolute atomic E-state index is 12.1. The van der Waals surface area contributed by atoms with Crippen LogP contribution in [0.5, 0.6) is 0 Å². The molecule has 0 saturated carbocycles. The first-order valence-corrected chi connectivity index (χ1v) is 7.26. The summed E-state index contributed by atoms with van der Waals surface area (Å²) in [4.78, 5) is 14.1. The first kappa shape index (κ1) is 16.0. The highest BCUT2D eigenvalue weighted by molar-refractivity contribution is 5.79. The molecule has 4 heteroatoms. The fraction of sp³-hybridized carbons (Fsp3) is 0.800. The summed E-state index contributed by atoms with van der Waals surface area (Å²) in [5, 5.41) is 6.44. The Balaban J connectivity index is 2.39. The number of hydrogen-bond acceptors (Lipinski definition) is 3. The zero-order valence-electron chi connectivity index (χ0n) is 12.5. The first-order chi connectivity index (χ1) is 9.05. The molecule has 1 atom stereocenters. The molecule has 108 valence electrons. The highest BCUT2D eigenvalue weighted by atomic mass is 16.2. The van der Waals surface area contributed by atoms with Crippen LogP contribution in [-0.4, -0.2) is 49.1 Å². The van der Waals surface area contributed by atoms with Gasteiger partial charge in [-0.2, -0.15) is 0 Å². The van der Waals surface area contributed by atoms with Crippen molar-refractivity contribution in [1.29, 1.82) is 0 Å². The molecule has 0 aromatic heterocycles. The molecular weight excluding hydrogens is 238 g/mol. The zero-order valence-corrected chi connectivity index (χ0v) is 12.5. The van der Waals surface area contributed by atoms with Crippen molar-refractivity contribution >= 4 is 5.91 Å². The molecule has 1 unspecified atom stereocenters. The molecule has 0 spiro atoms. The second kappa shape index (κ2) is 7.52. The third-order valence-electron chi connectivity index (χ3n) is 3.97. The Labute approximate surface area is 117 Å². The molecule has 0 radical (unpaired) electrons. The number of nitrogens with zero attached hydrogens (tertiary/aromatic N) is 1. The molecule has 2 N–H and O–H groups in total. The summed E-state index contributed by atoms with van der Waals surface area (Å²) in [5.41, 5.74) is -0.483. The molecule has 1 rings (SSSR count). The largest absolute Gasteiger partial charge is 0.339 e. The van der Waals surface area contributed by atoms with Crippen molar-refractivity contribution in [2.45, 2.75) is 51.1 Å². The Morgan fingerprint density at radius 1 is 1.53 bits per heavy atom. The lowest BCUT2D eigenvalue weighted by atomic mass is 9.94. The number of nitrogens with one attached hydrogen (secondary N) is 2. The molecule has 0 bridgehead atoms. The minimum Gasteiger partial charge on any atom is -0.339 e. The molecule has 0 aliphatic carbocycles. The monoisotopic (exact) mass is 265 g/mol. The van der Waals surface area contributed by atoms with Gasteiger partial charge in [-0.3, -0.25) is 9.69 Å². The van der Waals surface area contributed by atoms with Gasteiger partial charge in [-0.25, -0.2) is 0 Å². The average Bonchev–Trinajstić information content (AvgIpc) is 2.88. The Bertz CT molecular complexity index is 325. The standard InChI is InChI=1S/C15H27N3O/c1-5-15(6-2,7-3)17-14(19)12-18(4)11-13-9-8-10-16-13/h1,13,16H,6-12H2,2-4H3,(H,17,19). The van der Waals surface area contributed by atoms with Crippen LogP contribution in [0.2, 0.25) is 0 Å². The van der Waals surface area contributed by atoms with Crippen LogP contribution in [0.1, 0.15) is 39.5 Å². The highest BCUT2D eigenvalue weighted by Gasteiger charge is 2.26. The molecule has 1 amide bonds. The van der Waals surface area contributed by atoms with Crippen molar-refractivity contribution in [3.63, 3.8) is 0 Å². The molecule has 1 aliphatic heterocycles. The molecule has 4 nitrogen and oxygen atoms in total. The minimum absolute atomic E-state index is 0.0159. The van der Waals surface area contributed by atoms with Crippen LogP contribution in [0.3, 0.4) is 0 Å². The van der Waals surface area contributed by atoms with Gasteiger partial charge in [0.05, 0.1) is 6.54 Å². The molecule has 1 aliphatic rings. The molecule has 1 heterocycles. The normalized spacial score (nSPS) is 19.4.